The number of hydrogen-bond acceptors (Lipinski definition) is 4. The van der Waals surface area contributed by atoms with Gasteiger partial charge in [-0.15, -0.1) is 0 Å². The topological polar surface area (TPSA) is 55.8 Å². The van der Waals surface area contributed by atoms with Gasteiger partial charge in [-0.05, 0) is 29.8 Å². The molecule has 0 unspecified atom stereocenters. The average molecular weight is 286 g/mol. The summed E-state index contributed by atoms with van der Waals surface area (Å²) in [6.45, 7) is 1.81. The zero-order valence-corrected chi connectivity index (χ0v) is 12.3. The van der Waals surface area contributed by atoms with Crippen LogP contribution >= 0.6 is 0 Å². The van der Waals surface area contributed by atoms with Gasteiger partial charge in [0, 0.05) is 12.0 Å². The SMILES string of the molecule is COc1ccc([C@H](C)C(=O)c2ccc(OC)cc2O)cc1. The van der Waals surface area contributed by atoms with Crippen molar-refractivity contribution >= 4 is 5.78 Å². The zero-order chi connectivity index (χ0) is 15.4. The minimum absolute atomic E-state index is 0.0697. The molecule has 2 aromatic rings. The van der Waals surface area contributed by atoms with E-state index in [0.29, 0.717) is 11.3 Å². The van der Waals surface area contributed by atoms with E-state index in [0.717, 1.165) is 11.3 Å². The van der Waals surface area contributed by atoms with Crippen LogP contribution in [-0.2, 0) is 0 Å². The number of methoxy groups -OCH3 is 2. The van der Waals surface area contributed by atoms with Crippen LogP contribution < -0.4 is 9.47 Å². The van der Waals surface area contributed by atoms with Crippen LogP contribution in [0.15, 0.2) is 42.5 Å². The van der Waals surface area contributed by atoms with Crippen LogP contribution in [0.5, 0.6) is 17.2 Å². The Morgan fingerprint density at radius 3 is 2.10 bits per heavy atom. The van der Waals surface area contributed by atoms with Crippen LogP contribution in [-0.4, -0.2) is 25.1 Å². The predicted molar refractivity (Wildman–Crippen MR) is 80.4 cm³/mol. The summed E-state index contributed by atoms with van der Waals surface area (Å²) < 4.78 is 10.1. The summed E-state index contributed by atoms with van der Waals surface area (Å²) in [5.74, 6) is 0.696. The minimum atomic E-state index is -0.352. The van der Waals surface area contributed by atoms with Crippen molar-refractivity contribution in [1.82, 2.24) is 0 Å². The van der Waals surface area contributed by atoms with Gasteiger partial charge in [0.15, 0.2) is 5.78 Å². The van der Waals surface area contributed by atoms with Crippen molar-refractivity contribution in [2.24, 2.45) is 0 Å². The third-order valence-electron chi connectivity index (χ3n) is 3.48. The summed E-state index contributed by atoms with van der Waals surface area (Å²) >= 11 is 0. The predicted octanol–water partition coefficient (Wildman–Crippen LogP) is 3.40. The Kier molecular flexibility index (Phi) is 4.48. The van der Waals surface area contributed by atoms with Crippen molar-refractivity contribution in [3.05, 3.63) is 53.6 Å². The molecule has 21 heavy (non-hydrogen) atoms. The summed E-state index contributed by atoms with van der Waals surface area (Å²) in [6.07, 6.45) is 0. The number of ketones is 1. The third kappa shape index (κ3) is 3.16. The van der Waals surface area contributed by atoms with Gasteiger partial charge in [-0.1, -0.05) is 19.1 Å². The normalized spacial score (nSPS) is 11.8. The molecule has 0 radical (unpaired) electrons. The number of phenols is 1. The first-order valence-electron chi connectivity index (χ1n) is 6.62. The first kappa shape index (κ1) is 14.9. The molecule has 0 aromatic heterocycles. The largest absolute Gasteiger partial charge is 0.507 e. The number of carbonyl (C=O) groups excluding carboxylic acids is 1. The Morgan fingerprint density at radius 1 is 1.00 bits per heavy atom. The molecule has 0 bridgehead atoms. The molecule has 0 aliphatic heterocycles. The van der Waals surface area contributed by atoms with Crippen LogP contribution in [0.25, 0.3) is 0 Å². The Bertz CT molecular complexity index is 632. The molecule has 2 rings (SSSR count). The van der Waals surface area contributed by atoms with Crippen molar-refractivity contribution < 1.29 is 19.4 Å². The molecule has 0 aliphatic rings. The molecule has 0 fully saturated rings. The summed E-state index contributed by atoms with van der Waals surface area (Å²) in [5, 5.41) is 9.95. The van der Waals surface area contributed by atoms with Crippen LogP contribution in [0.3, 0.4) is 0 Å². The average Bonchev–Trinajstić information content (AvgIpc) is 2.53. The molecule has 0 aliphatic carbocycles. The van der Waals surface area contributed by atoms with Gasteiger partial charge < -0.3 is 14.6 Å². The van der Waals surface area contributed by atoms with Crippen molar-refractivity contribution in [1.29, 1.82) is 0 Å². The Balaban J connectivity index is 2.25. The maximum atomic E-state index is 12.5. The van der Waals surface area contributed by atoms with Gasteiger partial charge >= 0.3 is 0 Å². The van der Waals surface area contributed by atoms with Gasteiger partial charge in [0.05, 0.1) is 19.8 Å². The van der Waals surface area contributed by atoms with E-state index in [2.05, 4.69) is 0 Å². The lowest BCUT2D eigenvalue weighted by Gasteiger charge is -2.13. The first-order valence-corrected chi connectivity index (χ1v) is 6.62. The van der Waals surface area contributed by atoms with E-state index < -0.39 is 0 Å². The van der Waals surface area contributed by atoms with Gasteiger partial charge in [-0.3, -0.25) is 4.79 Å². The molecule has 2 aromatic carbocycles. The Hall–Kier alpha value is -2.49. The fourth-order valence-corrected chi connectivity index (χ4v) is 2.12. The maximum Gasteiger partial charge on any atom is 0.173 e. The van der Waals surface area contributed by atoms with Crippen LogP contribution in [0.1, 0.15) is 28.8 Å². The molecule has 1 N–H and O–H groups in total. The molecule has 0 saturated carbocycles. The first-order chi connectivity index (χ1) is 10.1. The molecular formula is C17H18O4. The highest BCUT2D eigenvalue weighted by Gasteiger charge is 2.20. The second kappa shape index (κ2) is 6.31. The van der Waals surface area contributed by atoms with Gasteiger partial charge in [-0.25, -0.2) is 0 Å². The lowest BCUT2D eigenvalue weighted by Crippen LogP contribution is -2.10. The van der Waals surface area contributed by atoms with E-state index in [1.54, 1.807) is 19.2 Å². The Morgan fingerprint density at radius 2 is 1.57 bits per heavy atom. The van der Waals surface area contributed by atoms with E-state index in [-0.39, 0.29) is 17.5 Å². The third-order valence-corrected chi connectivity index (χ3v) is 3.48. The van der Waals surface area contributed by atoms with E-state index in [9.17, 15) is 9.90 Å². The van der Waals surface area contributed by atoms with Gasteiger partial charge in [0.25, 0.3) is 0 Å². The summed E-state index contributed by atoms with van der Waals surface area (Å²) in [4.78, 5) is 12.5. The molecule has 0 spiro atoms. The molecule has 4 nitrogen and oxygen atoms in total. The summed E-state index contributed by atoms with van der Waals surface area (Å²) in [6, 6.07) is 12.0. The molecule has 4 heteroatoms. The lowest BCUT2D eigenvalue weighted by atomic mass is 9.92. The van der Waals surface area contributed by atoms with E-state index in [4.69, 9.17) is 9.47 Å². The number of benzene rings is 2. The molecule has 110 valence electrons. The van der Waals surface area contributed by atoms with Crippen molar-refractivity contribution in [2.45, 2.75) is 12.8 Å². The second-order valence-electron chi connectivity index (χ2n) is 4.74. The summed E-state index contributed by atoms with van der Waals surface area (Å²) in [7, 11) is 3.11. The smallest absolute Gasteiger partial charge is 0.173 e. The zero-order valence-electron chi connectivity index (χ0n) is 12.3. The van der Waals surface area contributed by atoms with Gasteiger partial charge in [0.1, 0.15) is 17.2 Å². The Labute approximate surface area is 123 Å². The summed E-state index contributed by atoms with van der Waals surface area (Å²) in [5.41, 5.74) is 1.16. The van der Waals surface area contributed by atoms with Crippen LogP contribution in [0.4, 0.5) is 0 Å². The van der Waals surface area contributed by atoms with E-state index in [1.807, 2.05) is 31.2 Å². The standard InChI is InChI=1S/C17H18O4/c1-11(12-4-6-13(20-2)7-5-12)17(19)15-9-8-14(21-3)10-16(15)18/h4-11,18H,1-3H3/t11-/m0/s1. The number of hydrogen-bond donors (Lipinski definition) is 1. The molecule has 1 atom stereocenters. The number of phenolic OH excluding ortho intramolecular Hbond substituents is 1. The number of aromatic hydroxyl groups is 1. The van der Waals surface area contributed by atoms with Crippen LogP contribution in [0.2, 0.25) is 0 Å². The number of ether oxygens (including phenoxy) is 2. The van der Waals surface area contributed by atoms with E-state index in [1.165, 1.54) is 13.2 Å². The maximum absolute atomic E-state index is 12.5. The van der Waals surface area contributed by atoms with Crippen LogP contribution in [0, 0.1) is 0 Å². The highest BCUT2D eigenvalue weighted by molar-refractivity contribution is 6.03. The highest BCUT2D eigenvalue weighted by atomic mass is 16.5. The lowest BCUT2D eigenvalue weighted by molar-refractivity contribution is 0.0963. The quantitative estimate of drug-likeness (QED) is 0.856. The monoisotopic (exact) mass is 286 g/mol. The fourth-order valence-electron chi connectivity index (χ4n) is 2.12. The highest BCUT2D eigenvalue weighted by Crippen LogP contribution is 2.29. The van der Waals surface area contributed by atoms with Gasteiger partial charge in [-0.2, -0.15) is 0 Å². The van der Waals surface area contributed by atoms with Crippen molar-refractivity contribution in [3.63, 3.8) is 0 Å². The van der Waals surface area contributed by atoms with Crippen molar-refractivity contribution in [3.8, 4) is 17.2 Å². The molecule has 0 amide bonds. The second-order valence-corrected chi connectivity index (χ2v) is 4.74. The fraction of sp³-hybridized carbons (Fsp3) is 0.235. The molecule has 0 heterocycles. The number of rotatable bonds is 5. The molecule has 0 saturated heterocycles. The molecular weight excluding hydrogens is 268 g/mol. The number of carbonyl (C=O) groups is 1. The van der Waals surface area contributed by atoms with E-state index >= 15 is 0 Å². The minimum Gasteiger partial charge on any atom is -0.507 e. The van der Waals surface area contributed by atoms with Gasteiger partial charge in [0.2, 0.25) is 0 Å². The van der Waals surface area contributed by atoms with Crippen molar-refractivity contribution in [2.75, 3.05) is 14.2 Å². The number of Topliss-reactive ketones (excluding diaryl/α,β-unsaturated/α-hetero) is 1.